The van der Waals surface area contributed by atoms with Crippen molar-refractivity contribution in [2.75, 3.05) is 11.1 Å². The molecule has 0 radical (unpaired) electrons. The molecule has 0 heterocycles. The number of carbonyl (C=O) groups is 1. The Morgan fingerprint density at radius 2 is 1.94 bits per heavy atom. The van der Waals surface area contributed by atoms with Crippen molar-refractivity contribution in [2.45, 2.75) is 25.6 Å². The summed E-state index contributed by atoms with van der Waals surface area (Å²) in [5.74, 6) is -1.05. The van der Waals surface area contributed by atoms with Gasteiger partial charge in [0, 0.05) is 12.2 Å². The minimum atomic E-state index is -3.38. The second-order valence-corrected chi connectivity index (χ2v) is 6.82. The lowest BCUT2D eigenvalue weighted by Crippen LogP contribution is -2.28. The second-order valence-electron chi connectivity index (χ2n) is 4.27. The minimum absolute atomic E-state index is 0.285. The third-order valence-electron chi connectivity index (χ3n) is 2.56. The highest BCUT2D eigenvalue weighted by Gasteiger charge is 2.20. The minimum Gasteiger partial charge on any atom is -0.326 e. The van der Waals surface area contributed by atoms with Crippen LogP contribution in [0.3, 0.4) is 0 Å². The summed E-state index contributed by atoms with van der Waals surface area (Å²) in [5.41, 5.74) is 6.86. The molecule has 0 unspecified atom stereocenters. The van der Waals surface area contributed by atoms with Crippen LogP contribution >= 0.6 is 0 Å². The van der Waals surface area contributed by atoms with E-state index in [0.717, 1.165) is 5.56 Å². The van der Waals surface area contributed by atoms with Crippen LogP contribution in [0.5, 0.6) is 0 Å². The quantitative estimate of drug-likeness (QED) is 0.832. The maximum Gasteiger partial charge on any atom is 0.239 e. The van der Waals surface area contributed by atoms with Gasteiger partial charge < -0.3 is 11.1 Å². The van der Waals surface area contributed by atoms with Gasteiger partial charge >= 0.3 is 0 Å². The van der Waals surface area contributed by atoms with Gasteiger partial charge in [0.2, 0.25) is 5.91 Å². The molecule has 0 saturated carbocycles. The molecule has 1 aromatic rings. The Hall–Kier alpha value is -1.40. The lowest BCUT2D eigenvalue weighted by atomic mass is 10.2. The SMILES string of the molecule is CC(C)S(=O)(=O)CC(=O)Nc1ccccc1CN. The smallest absolute Gasteiger partial charge is 0.239 e. The number of hydrogen-bond donors (Lipinski definition) is 2. The van der Waals surface area contributed by atoms with Gasteiger partial charge in [0.15, 0.2) is 9.84 Å². The number of nitrogens with two attached hydrogens (primary N) is 1. The largest absolute Gasteiger partial charge is 0.326 e. The molecular weight excluding hydrogens is 252 g/mol. The number of nitrogens with one attached hydrogen (secondary N) is 1. The van der Waals surface area contributed by atoms with Gasteiger partial charge in [0.25, 0.3) is 0 Å². The Balaban J connectivity index is 2.77. The van der Waals surface area contributed by atoms with Crippen molar-refractivity contribution in [3.8, 4) is 0 Å². The maximum atomic E-state index is 11.7. The molecule has 0 aliphatic carbocycles. The monoisotopic (exact) mass is 270 g/mol. The molecule has 0 fully saturated rings. The van der Waals surface area contributed by atoms with E-state index in [1.165, 1.54) is 0 Å². The number of benzene rings is 1. The van der Waals surface area contributed by atoms with Crippen LogP contribution in [0.25, 0.3) is 0 Å². The van der Waals surface area contributed by atoms with Gasteiger partial charge in [-0.1, -0.05) is 18.2 Å². The Morgan fingerprint density at radius 3 is 2.50 bits per heavy atom. The Labute approximate surface area is 107 Å². The topological polar surface area (TPSA) is 89.3 Å². The van der Waals surface area contributed by atoms with E-state index in [0.29, 0.717) is 5.69 Å². The molecule has 6 heteroatoms. The normalized spacial score (nSPS) is 11.6. The van der Waals surface area contributed by atoms with Crippen LogP contribution in [-0.4, -0.2) is 25.3 Å². The van der Waals surface area contributed by atoms with Gasteiger partial charge in [-0.05, 0) is 25.5 Å². The highest BCUT2D eigenvalue weighted by molar-refractivity contribution is 7.92. The lowest BCUT2D eigenvalue weighted by Gasteiger charge is -2.11. The predicted molar refractivity (Wildman–Crippen MR) is 71.9 cm³/mol. The summed E-state index contributed by atoms with van der Waals surface area (Å²) in [6, 6.07) is 7.04. The second kappa shape index (κ2) is 5.97. The van der Waals surface area contributed by atoms with Crippen molar-refractivity contribution < 1.29 is 13.2 Å². The first-order valence-electron chi connectivity index (χ1n) is 5.66. The van der Waals surface area contributed by atoms with E-state index < -0.39 is 26.7 Å². The van der Waals surface area contributed by atoms with Gasteiger partial charge in [-0.3, -0.25) is 4.79 Å². The Bertz CT molecular complexity index is 524. The number of hydrogen-bond acceptors (Lipinski definition) is 4. The van der Waals surface area contributed by atoms with Crippen molar-refractivity contribution >= 4 is 21.4 Å². The fourth-order valence-corrected chi connectivity index (χ4v) is 2.13. The molecule has 100 valence electrons. The summed E-state index contributed by atoms with van der Waals surface area (Å²) in [6.07, 6.45) is 0. The van der Waals surface area contributed by atoms with E-state index in [-0.39, 0.29) is 6.54 Å². The third kappa shape index (κ3) is 3.82. The van der Waals surface area contributed by atoms with E-state index >= 15 is 0 Å². The van der Waals surface area contributed by atoms with Crippen LogP contribution in [0.15, 0.2) is 24.3 Å². The summed E-state index contributed by atoms with van der Waals surface area (Å²) in [5, 5.41) is 2.01. The van der Waals surface area contributed by atoms with Crippen molar-refractivity contribution in [3.05, 3.63) is 29.8 Å². The van der Waals surface area contributed by atoms with E-state index in [2.05, 4.69) is 5.32 Å². The highest BCUT2D eigenvalue weighted by atomic mass is 32.2. The number of sulfone groups is 1. The van der Waals surface area contributed by atoms with Crippen LogP contribution in [-0.2, 0) is 21.2 Å². The lowest BCUT2D eigenvalue weighted by molar-refractivity contribution is -0.113. The molecule has 0 bridgehead atoms. The Kier molecular flexibility index (Phi) is 4.86. The van der Waals surface area contributed by atoms with Crippen molar-refractivity contribution in [1.82, 2.24) is 0 Å². The fourth-order valence-electron chi connectivity index (χ4n) is 1.36. The molecule has 1 aromatic carbocycles. The first-order chi connectivity index (χ1) is 8.36. The van der Waals surface area contributed by atoms with Crippen LogP contribution < -0.4 is 11.1 Å². The summed E-state index contributed by atoms with van der Waals surface area (Å²) >= 11 is 0. The van der Waals surface area contributed by atoms with E-state index in [9.17, 15) is 13.2 Å². The molecule has 18 heavy (non-hydrogen) atoms. The van der Waals surface area contributed by atoms with Crippen LogP contribution in [0.1, 0.15) is 19.4 Å². The number of amides is 1. The van der Waals surface area contributed by atoms with Gasteiger partial charge in [0.1, 0.15) is 5.75 Å². The molecule has 0 atom stereocenters. The predicted octanol–water partition coefficient (Wildman–Crippen LogP) is 0.907. The molecule has 0 aliphatic rings. The van der Waals surface area contributed by atoms with Crippen molar-refractivity contribution in [3.63, 3.8) is 0 Å². The molecule has 1 amide bonds. The zero-order valence-corrected chi connectivity index (χ0v) is 11.3. The summed E-state index contributed by atoms with van der Waals surface area (Å²) in [7, 11) is -3.38. The zero-order valence-electron chi connectivity index (χ0n) is 10.5. The summed E-state index contributed by atoms with van der Waals surface area (Å²) in [6.45, 7) is 3.39. The summed E-state index contributed by atoms with van der Waals surface area (Å²) < 4.78 is 23.2. The first-order valence-corrected chi connectivity index (χ1v) is 7.37. The molecule has 0 aliphatic heterocycles. The van der Waals surface area contributed by atoms with Gasteiger partial charge in [-0.15, -0.1) is 0 Å². The summed E-state index contributed by atoms with van der Waals surface area (Å²) in [4.78, 5) is 11.7. The number of anilines is 1. The van der Waals surface area contributed by atoms with Crippen LogP contribution in [0.4, 0.5) is 5.69 Å². The zero-order chi connectivity index (χ0) is 13.8. The van der Waals surface area contributed by atoms with Gasteiger partial charge in [-0.25, -0.2) is 8.42 Å². The third-order valence-corrected chi connectivity index (χ3v) is 4.66. The maximum absolute atomic E-state index is 11.7. The van der Waals surface area contributed by atoms with E-state index in [4.69, 9.17) is 5.73 Å². The number of carbonyl (C=O) groups excluding carboxylic acids is 1. The molecule has 0 saturated heterocycles. The average Bonchev–Trinajstić information content (AvgIpc) is 2.28. The molecule has 0 spiro atoms. The van der Waals surface area contributed by atoms with E-state index in [1.807, 2.05) is 6.07 Å². The van der Waals surface area contributed by atoms with Crippen molar-refractivity contribution in [2.24, 2.45) is 5.73 Å². The fraction of sp³-hybridized carbons (Fsp3) is 0.417. The average molecular weight is 270 g/mol. The number of para-hydroxylation sites is 1. The molecule has 1 rings (SSSR count). The molecular formula is C12H18N2O3S. The molecule has 3 N–H and O–H groups in total. The van der Waals surface area contributed by atoms with E-state index in [1.54, 1.807) is 32.0 Å². The molecule has 5 nitrogen and oxygen atoms in total. The molecule has 0 aromatic heterocycles. The van der Waals surface area contributed by atoms with Crippen molar-refractivity contribution in [1.29, 1.82) is 0 Å². The van der Waals surface area contributed by atoms with Crippen LogP contribution in [0, 0.1) is 0 Å². The standard InChI is InChI=1S/C12H18N2O3S/c1-9(2)18(16,17)8-12(15)14-11-6-4-3-5-10(11)7-13/h3-6,9H,7-8,13H2,1-2H3,(H,14,15). The van der Waals surface area contributed by atoms with Gasteiger partial charge in [0.05, 0.1) is 5.25 Å². The van der Waals surface area contributed by atoms with Gasteiger partial charge in [-0.2, -0.15) is 0 Å². The highest BCUT2D eigenvalue weighted by Crippen LogP contribution is 2.14. The van der Waals surface area contributed by atoms with Crippen LogP contribution in [0.2, 0.25) is 0 Å². The number of rotatable bonds is 5. The Morgan fingerprint density at radius 1 is 1.33 bits per heavy atom. The first kappa shape index (κ1) is 14.7.